The second kappa shape index (κ2) is 7.02. The van der Waals surface area contributed by atoms with Gasteiger partial charge in [0.1, 0.15) is 5.75 Å². The Bertz CT molecular complexity index is 658. The summed E-state index contributed by atoms with van der Waals surface area (Å²) in [6.45, 7) is -0.215. The molecule has 2 aromatic carbocycles. The van der Waals surface area contributed by atoms with E-state index in [0.29, 0.717) is 5.69 Å². The third kappa shape index (κ3) is 4.71. The van der Waals surface area contributed by atoms with Crippen LogP contribution in [0.3, 0.4) is 0 Å². The molecule has 0 aliphatic heterocycles. The van der Waals surface area contributed by atoms with Gasteiger partial charge in [-0.2, -0.15) is 0 Å². The summed E-state index contributed by atoms with van der Waals surface area (Å²) >= 11 is 2.17. The topological polar surface area (TPSA) is 81.5 Å². The molecule has 1 N–H and O–H groups in total. The van der Waals surface area contributed by atoms with Gasteiger partial charge in [-0.1, -0.05) is 6.07 Å². The first-order valence-corrected chi connectivity index (χ1v) is 7.05. The summed E-state index contributed by atoms with van der Waals surface area (Å²) in [5.74, 6) is -0.0512. The SMILES string of the molecule is O=C(COc1cccc([N+](=O)[O-])c1)Nc1ccc(I)cc1. The van der Waals surface area contributed by atoms with Gasteiger partial charge in [0.2, 0.25) is 0 Å². The fourth-order valence-electron chi connectivity index (χ4n) is 1.57. The Kier molecular flexibility index (Phi) is 5.09. The molecule has 0 atom stereocenters. The summed E-state index contributed by atoms with van der Waals surface area (Å²) in [6.07, 6.45) is 0. The second-order valence-corrected chi connectivity index (χ2v) is 5.34. The van der Waals surface area contributed by atoms with E-state index in [2.05, 4.69) is 27.9 Å². The number of carbonyl (C=O) groups is 1. The maximum Gasteiger partial charge on any atom is 0.273 e. The maximum atomic E-state index is 11.7. The molecule has 7 heteroatoms. The Morgan fingerprint density at radius 2 is 1.95 bits per heavy atom. The average molecular weight is 398 g/mol. The summed E-state index contributed by atoms with van der Waals surface area (Å²) in [5.41, 5.74) is 0.591. The molecule has 0 saturated heterocycles. The predicted octanol–water partition coefficient (Wildman–Crippen LogP) is 3.22. The van der Waals surface area contributed by atoms with E-state index in [1.54, 1.807) is 18.2 Å². The van der Waals surface area contributed by atoms with Crippen LogP contribution in [0.4, 0.5) is 11.4 Å². The van der Waals surface area contributed by atoms with Crippen LogP contribution in [0.1, 0.15) is 0 Å². The molecule has 21 heavy (non-hydrogen) atoms. The van der Waals surface area contributed by atoms with Crippen LogP contribution >= 0.6 is 22.6 Å². The summed E-state index contributed by atoms with van der Waals surface area (Å²) in [5, 5.41) is 13.3. The average Bonchev–Trinajstić information content (AvgIpc) is 2.48. The monoisotopic (exact) mass is 398 g/mol. The minimum Gasteiger partial charge on any atom is -0.484 e. The molecule has 0 fully saturated rings. The molecule has 108 valence electrons. The number of non-ortho nitro benzene ring substituents is 1. The molecular formula is C14H11IN2O4. The van der Waals surface area contributed by atoms with Gasteiger partial charge in [0.05, 0.1) is 11.0 Å². The minimum absolute atomic E-state index is 0.0782. The highest BCUT2D eigenvalue weighted by atomic mass is 127. The molecule has 6 nitrogen and oxygen atoms in total. The summed E-state index contributed by atoms with van der Waals surface area (Å²) in [6, 6.07) is 13.0. The van der Waals surface area contributed by atoms with Crippen molar-refractivity contribution in [3.63, 3.8) is 0 Å². The van der Waals surface area contributed by atoms with Gasteiger partial charge in [0, 0.05) is 15.3 Å². The zero-order valence-electron chi connectivity index (χ0n) is 10.8. The standard InChI is InChI=1S/C14H11IN2O4/c15-10-4-6-11(7-5-10)16-14(18)9-21-13-3-1-2-12(8-13)17(19)20/h1-8H,9H2,(H,16,18). The lowest BCUT2D eigenvalue weighted by molar-refractivity contribution is -0.384. The van der Waals surface area contributed by atoms with Gasteiger partial charge in [-0.15, -0.1) is 0 Å². The number of hydrogen-bond donors (Lipinski definition) is 1. The molecule has 0 saturated carbocycles. The van der Waals surface area contributed by atoms with E-state index >= 15 is 0 Å². The summed E-state index contributed by atoms with van der Waals surface area (Å²) < 4.78 is 6.30. The fraction of sp³-hybridized carbons (Fsp3) is 0.0714. The Morgan fingerprint density at radius 3 is 2.62 bits per heavy atom. The van der Waals surface area contributed by atoms with E-state index in [1.165, 1.54) is 18.2 Å². The smallest absolute Gasteiger partial charge is 0.273 e. The van der Waals surface area contributed by atoms with Gasteiger partial charge in [0.25, 0.3) is 11.6 Å². The molecule has 0 spiro atoms. The van der Waals surface area contributed by atoms with E-state index in [-0.39, 0.29) is 24.0 Å². The Labute approximate surface area is 134 Å². The lowest BCUT2D eigenvalue weighted by Crippen LogP contribution is -2.20. The number of ether oxygens (including phenoxy) is 1. The van der Waals surface area contributed by atoms with Gasteiger partial charge in [-0.05, 0) is 52.9 Å². The van der Waals surface area contributed by atoms with Gasteiger partial charge in [-0.3, -0.25) is 14.9 Å². The van der Waals surface area contributed by atoms with Crippen molar-refractivity contribution in [3.05, 3.63) is 62.2 Å². The lowest BCUT2D eigenvalue weighted by Gasteiger charge is -2.07. The quantitative estimate of drug-likeness (QED) is 0.477. The molecule has 0 radical (unpaired) electrons. The third-order valence-electron chi connectivity index (χ3n) is 2.53. The molecule has 2 aromatic rings. The third-order valence-corrected chi connectivity index (χ3v) is 3.25. The normalized spacial score (nSPS) is 9.95. The Hall–Kier alpha value is -2.16. The highest BCUT2D eigenvalue weighted by Crippen LogP contribution is 2.19. The zero-order chi connectivity index (χ0) is 15.2. The van der Waals surface area contributed by atoms with E-state index in [1.807, 2.05) is 12.1 Å². The van der Waals surface area contributed by atoms with Crippen molar-refractivity contribution in [3.8, 4) is 5.75 Å². The van der Waals surface area contributed by atoms with E-state index in [4.69, 9.17) is 4.74 Å². The Morgan fingerprint density at radius 1 is 1.24 bits per heavy atom. The number of nitrogens with one attached hydrogen (secondary N) is 1. The number of nitro groups is 1. The first kappa shape index (κ1) is 15.2. The van der Waals surface area contributed by atoms with Crippen LogP contribution in [-0.2, 0) is 4.79 Å². The van der Waals surface area contributed by atoms with Gasteiger partial charge >= 0.3 is 0 Å². The van der Waals surface area contributed by atoms with E-state index in [9.17, 15) is 14.9 Å². The van der Waals surface area contributed by atoms with Crippen molar-refractivity contribution in [1.82, 2.24) is 0 Å². The molecular weight excluding hydrogens is 387 g/mol. The number of rotatable bonds is 5. The molecule has 0 aromatic heterocycles. The number of amides is 1. The number of nitro benzene ring substituents is 1. The summed E-state index contributed by atoms with van der Waals surface area (Å²) in [7, 11) is 0. The predicted molar refractivity (Wildman–Crippen MR) is 86.4 cm³/mol. The highest BCUT2D eigenvalue weighted by Gasteiger charge is 2.08. The van der Waals surface area contributed by atoms with Crippen LogP contribution < -0.4 is 10.1 Å². The van der Waals surface area contributed by atoms with Crippen molar-refractivity contribution in [1.29, 1.82) is 0 Å². The molecule has 0 aliphatic carbocycles. The molecule has 2 rings (SSSR count). The maximum absolute atomic E-state index is 11.7. The van der Waals surface area contributed by atoms with Crippen molar-refractivity contribution in [2.75, 3.05) is 11.9 Å². The number of anilines is 1. The molecule has 0 unspecified atom stereocenters. The second-order valence-electron chi connectivity index (χ2n) is 4.10. The largest absolute Gasteiger partial charge is 0.484 e. The number of nitrogens with zero attached hydrogens (tertiary/aromatic N) is 1. The van der Waals surface area contributed by atoms with E-state index in [0.717, 1.165) is 3.57 Å². The zero-order valence-corrected chi connectivity index (χ0v) is 12.9. The molecule has 0 bridgehead atoms. The fourth-order valence-corrected chi connectivity index (χ4v) is 1.93. The first-order chi connectivity index (χ1) is 10.0. The van der Waals surface area contributed by atoms with Crippen molar-refractivity contribution in [2.45, 2.75) is 0 Å². The van der Waals surface area contributed by atoms with E-state index < -0.39 is 4.92 Å². The minimum atomic E-state index is -0.515. The first-order valence-electron chi connectivity index (χ1n) is 5.97. The number of hydrogen-bond acceptors (Lipinski definition) is 4. The van der Waals surface area contributed by atoms with Crippen LogP contribution in [0, 0.1) is 13.7 Å². The van der Waals surface area contributed by atoms with Gasteiger partial charge in [-0.25, -0.2) is 0 Å². The number of benzene rings is 2. The number of carbonyl (C=O) groups excluding carboxylic acids is 1. The van der Waals surface area contributed by atoms with Crippen LogP contribution in [0.2, 0.25) is 0 Å². The van der Waals surface area contributed by atoms with Crippen LogP contribution in [0.5, 0.6) is 5.75 Å². The van der Waals surface area contributed by atoms with Gasteiger partial charge in [0.15, 0.2) is 6.61 Å². The number of halogens is 1. The van der Waals surface area contributed by atoms with Crippen molar-refractivity contribution >= 4 is 39.9 Å². The Balaban J connectivity index is 1.90. The summed E-state index contributed by atoms with van der Waals surface area (Å²) in [4.78, 5) is 21.8. The molecule has 1 amide bonds. The van der Waals surface area contributed by atoms with Crippen molar-refractivity contribution in [2.24, 2.45) is 0 Å². The lowest BCUT2D eigenvalue weighted by atomic mass is 10.3. The molecule has 0 aliphatic rings. The van der Waals surface area contributed by atoms with Crippen LogP contribution in [-0.4, -0.2) is 17.4 Å². The van der Waals surface area contributed by atoms with Gasteiger partial charge < -0.3 is 10.1 Å². The van der Waals surface area contributed by atoms with Crippen LogP contribution in [0.15, 0.2) is 48.5 Å². The van der Waals surface area contributed by atoms with Crippen molar-refractivity contribution < 1.29 is 14.5 Å². The molecule has 0 heterocycles. The highest BCUT2D eigenvalue weighted by molar-refractivity contribution is 14.1. The van der Waals surface area contributed by atoms with Crippen LogP contribution in [0.25, 0.3) is 0 Å².